The van der Waals surface area contributed by atoms with Gasteiger partial charge in [-0.2, -0.15) is 13.2 Å². The van der Waals surface area contributed by atoms with E-state index in [0.29, 0.717) is 6.54 Å². The van der Waals surface area contributed by atoms with Gasteiger partial charge in [0.15, 0.2) is 0 Å². The first-order valence-corrected chi connectivity index (χ1v) is 6.59. The predicted molar refractivity (Wildman–Crippen MR) is 72.2 cm³/mol. The first-order valence-electron chi connectivity index (χ1n) is 6.59. The number of likely N-dealkylation sites (N-methyl/N-ethyl adjacent to an activating group) is 1. The third-order valence-corrected chi connectivity index (χ3v) is 3.71. The topological polar surface area (TPSA) is 58.4 Å². The van der Waals surface area contributed by atoms with Gasteiger partial charge in [-0.1, -0.05) is 0 Å². The molecule has 0 spiro atoms. The second kappa shape index (κ2) is 5.88. The van der Waals surface area contributed by atoms with Gasteiger partial charge in [-0.15, -0.1) is 0 Å². The summed E-state index contributed by atoms with van der Waals surface area (Å²) in [6.07, 6.45) is -2.69. The summed E-state index contributed by atoms with van der Waals surface area (Å²) in [7, 11) is 1.97. The summed E-state index contributed by atoms with van der Waals surface area (Å²) < 4.78 is 38.6. The van der Waals surface area contributed by atoms with Crippen molar-refractivity contribution in [3.8, 4) is 0 Å². The Morgan fingerprint density at radius 2 is 2.19 bits per heavy atom. The van der Waals surface area contributed by atoms with E-state index in [1.54, 1.807) is 0 Å². The molecule has 8 heteroatoms. The average Bonchev–Trinajstić information content (AvgIpc) is 2.80. The largest absolute Gasteiger partial charge is 0.423 e. The van der Waals surface area contributed by atoms with Gasteiger partial charge in [-0.05, 0) is 38.6 Å². The molecule has 1 fully saturated rings. The molecule has 1 heterocycles. The monoisotopic (exact) mass is 303 g/mol. The molecule has 2 rings (SSSR count). The molecule has 5 nitrogen and oxygen atoms in total. The summed E-state index contributed by atoms with van der Waals surface area (Å²) in [5.74, 6) is 0. The molecule has 1 saturated heterocycles. The quantitative estimate of drug-likeness (QED) is 0.686. The smallest absolute Gasteiger partial charge is 0.383 e. The summed E-state index contributed by atoms with van der Waals surface area (Å²) in [4.78, 5) is 11.8. The molecule has 1 N–H and O–H groups in total. The Morgan fingerprint density at radius 3 is 2.71 bits per heavy atom. The standard InChI is InChI=1S/C13H16F3N3O2/c1-18-6-2-3-10(18)8-17-9-4-5-12(19(20)21)11(7-9)13(14,15)16/h4-5,7,10,17H,2-3,6,8H2,1H3. The lowest BCUT2D eigenvalue weighted by Gasteiger charge is -2.20. The zero-order chi connectivity index (χ0) is 15.6. The molecule has 1 unspecified atom stereocenters. The Hall–Kier alpha value is -1.83. The molecule has 1 atom stereocenters. The first-order chi connectivity index (χ1) is 9.79. The second-order valence-corrected chi connectivity index (χ2v) is 5.14. The molecule has 0 amide bonds. The molecular weight excluding hydrogens is 287 g/mol. The average molecular weight is 303 g/mol. The number of anilines is 1. The molecule has 0 saturated carbocycles. The van der Waals surface area contributed by atoms with E-state index in [-0.39, 0.29) is 11.7 Å². The summed E-state index contributed by atoms with van der Waals surface area (Å²) in [5.41, 5.74) is -1.91. The fraction of sp³-hybridized carbons (Fsp3) is 0.538. The number of nitrogens with one attached hydrogen (secondary N) is 1. The third-order valence-electron chi connectivity index (χ3n) is 3.71. The lowest BCUT2D eigenvalue weighted by Crippen LogP contribution is -2.31. The van der Waals surface area contributed by atoms with Crippen LogP contribution in [-0.4, -0.2) is 36.0 Å². The van der Waals surface area contributed by atoms with E-state index in [4.69, 9.17) is 0 Å². The molecule has 1 aliphatic heterocycles. The van der Waals surface area contributed by atoms with Crippen molar-refractivity contribution in [1.29, 1.82) is 0 Å². The van der Waals surface area contributed by atoms with Crippen LogP contribution in [0.4, 0.5) is 24.5 Å². The van der Waals surface area contributed by atoms with Gasteiger partial charge in [0.1, 0.15) is 5.56 Å². The minimum atomic E-state index is -4.75. The van der Waals surface area contributed by atoms with Crippen LogP contribution in [0.25, 0.3) is 0 Å². The maximum Gasteiger partial charge on any atom is 0.423 e. The van der Waals surface area contributed by atoms with Crippen LogP contribution in [0.5, 0.6) is 0 Å². The molecule has 1 aromatic carbocycles. The van der Waals surface area contributed by atoms with Gasteiger partial charge in [-0.3, -0.25) is 10.1 Å². The molecule has 0 aliphatic carbocycles. The molecular formula is C13H16F3N3O2. The number of nitrogens with zero attached hydrogens (tertiary/aromatic N) is 2. The molecule has 1 aromatic rings. The van der Waals surface area contributed by atoms with E-state index in [2.05, 4.69) is 10.2 Å². The Balaban J connectivity index is 2.16. The Kier molecular flexibility index (Phi) is 4.36. The van der Waals surface area contributed by atoms with E-state index in [1.165, 1.54) is 6.07 Å². The summed E-state index contributed by atoms with van der Waals surface area (Å²) >= 11 is 0. The molecule has 21 heavy (non-hydrogen) atoms. The summed E-state index contributed by atoms with van der Waals surface area (Å²) in [5, 5.41) is 13.6. The third kappa shape index (κ3) is 3.63. The Labute approximate surface area is 119 Å². The van der Waals surface area contributed by atoms with Gasteiger partial charge in [0.25, 0.3) is 5.69 Å². The highest BCUT2D eigenvalue weighted by atomic mass is 19.4. The van der Waals surface area contributed by atoms with Crippen molar-refractivity contribution in [3.63, 3.8) is 0 Å². The number of nitro benzene ring substituents is 1. The first kappa shape index (κ1) is 15.6. The van der Waals surface area contributed by atoms with Gasteiger partial charge >= 0.3 is 6.18 Å². The second-order valence-electron chi connectivity index (χ2n) is 5.14. The number of likely N-dealkylation sites (tertiary alicyclic amines) is 1. The van der Waals surface area contributed by atoms with E-state index in [0.717, 1.165) is 31.5 Å². The fourth-order valence-corrected chi connectivity index (χ4v) is 2.51. The van der Waals surface area contributed by atoms with Crippen LogP contribution in [-0.2, 0) is 6.18 Å². The van der Waals surface area contributed by atoms with Crippen molar-refractivity contribution in [2.24, 2.45) is 0 Å². The zero-order valence-corrected chi connectivity index (χ0v) is 11.5. The molecule has 1 aliphatic rings. The molecule has 0 radical (unpaired) electrons. The van der Waals surface area contributed by atoms with Gasteiger partial charge in [-0.25, -0.2) is 0 Å². The van der Waals surface area contributed by atoms with Crippen molar-refractivity contribution < 1.29 is 18.1 Å². The molecule has 0 bridgehead atoms. The number of hydrogen-bond donors (Lipinski definition) is 1. The van der Waals surface area contributed by atoms with Gasteiger partial charge in [0, 0.05) is 24.3 Å². The number of alkyl halides is 3. The molecule has 116 valence electrons. The predicted octanol–water partition coefficient (Wildman–Crippen LogP) is 3.12. The minimum absolute atomic E-state index is 0.244. The fourth-order valence-electron chi connectivity index (χ4n) is 2.51. The number of rotatable bonds is 4. The lowest BCUT2D eigenvalue weighted by molar-refractivity contribution is -0.388. The van der Waals surface area contributed by atoms with Crippen molar-refractivity contribution in [1.82, 2.24) is 4.90 Å². The van der Waals surface area contributed by atoms with Crippen molar-refractivity contribution in [2.45, 2.75) is 25.1 Å². The SMILES string of the molecule is CN1CCCC1CNc1ccc([N+](=O)[O-])c(C(F)(F)F)c1. The number of benzene rings is 1. The maximum atomic E-state index is 12.9. The maximum absolute atomic E-state index is 12.9. The van der Waals surface area contributed by atoms with Crippen LogP contribution < -0.4 is 5.32 Å². The minimum Gasteiger partial charge on any atom is -0.383 e. The Bertz CT molecular complexity index is 534. The van der Waals surface area contributed by atoms with E-state index in [1.807, 2.05) is 7.05 Å². The van der Waals surface area contributed by atoms with Crippen molar-refractivity contribution in [2.75, 3.05) is 25.5 Å². The van der Waals surface area contributed by atoms with Crippen LogP contribution in [0.3, 0.4) is 0 Å². The van der Waals surface area contributed by atoms with Crippen LogP contribution >= 0.6 is 0 Å². The highest BCUT2D eigenvalue weighted by Crippen LogP contribution is 2.37. The number of hydrogen-bond acceptors (Lipinski definition) is 4. The highest BCUT2D eigenvalue weighted by Gasteiger charge is 2.38. The van der Waals surface area contributed by atoms with Gasteiger partial charge in [0.05, 0.1) is 4.92 Å². The van der Waals surface area contributed by atoms with E-state index < -0.39 is 22.4 Å². The van der Waals surface area contributed by atoms with Gasteiger partial charge < -0.3 is 10.2 Å². The van der Waals surface area contributed by atoms with Crippen LogP contribution in [0.15, 0.2) is 18.2 Å². The summed E-state index contributed by atoms with van der Waals surface area (Å²) in [6.45, 7) is 1.49. The molecule has 0 aromatic heterocycles. The van der Waals surface area contributed by atoms with Crippen LogP contribution in [0.2, 0.25) is 0 Å². The van der Waals surface area contributed by atoms with Crippen LogP contribution in [0.1, 0.15) is 18.4 Å². The van der Waals surface area contributed by atoms with Gasteiger partial charge in [0.2, 0.25) is 0 Å². The van der Waals surface area contributed by atoms with Crippen LogP contribution in [0, 0.1) is 10.1 Å². The summed E-state index contributed by atoms with van der Waals surface area (Å²) in [6, 6.07) is 3.27. The van der Waals surface area contributed by atoms with Crippen molar-refractivity contribution >= 4 is 11.4 Å². The van der Waals surface area contributed by atoms with E-state index >= 15 is 0 Å². The number of halogens is 3. The van der Waals surface area contributed by atoms with Crippen molar-refractivity contribution in [3.05, 3.63) is 33.9 Å². The normalized spacial score (nSPS) is 19.7. The zero-order valence-electron chi connectivity index (χ0n) is 11.5. The highest BCUT2D eigenvalue weighted by molar-refractivity contribution is 5.55. The Morgan fingerprint density at radius 1 is 1.48 bits per heavy atom. The lowest BCUT2D eigenvalue weighted by atomic mass is 10.1. The number of nitro groups is 1. The van der Waals surface area contributed by atoms with E-state index in [9.17, 15) is 23.3 Å².